The molecule has 2 aromatic rings. The average Bonchev–Trinajstić information content (AvgIpc) is 2.92. The highest BCUT2D eigenvalue weighted by Crippen LogP contribution is 2.31. The molecular weight excluding hydrogens is 259 g/mol. The Morgan fingerprint density at radius 3 is 2.75 bits per heavy atom. The highest BCUT2D eigenvalue weighted by Gasteiger charge is 2.25. The normalized spacial score (nSPS) is 16.6. The van der Waals surface area contributed by atoms with E-state index in [0.29, 0.717) is 41.5 Å². The second-order valence-corrected chi connectivity index (χ2v) is 5.23. The van der Waals surface area contributed by atoms with Gasteiger partial charge in [-0.3, -0.25) is 4.79 Å². The van der Waals surface area contributed by atoms with Crippen molar-refractivity contribution in [2.75, 3.05) is 0 Å². The van der Waals surface area contributed by atoms with Gasteiger partial charge < -0.3 is 4.52 Å². The average molecular weight is 274 g/mol. The lowest BCUT2D eigenvalue weighted by Gasteiger charge is -2.16. The van der Waals surface area contributed by atoms with Crippen molar-refractivity contribution >= 4 is 5.78 Å². The second-order valence-electron chi connectivity index (χ2n) is 5.23. The fourth-order valence-corrected chi connectivity index (χ4v) is 2.44. The Balaban J connectivity index is 1.82. The number of hydrogen-bond acceptors (Lipinski definition) is 4. The molecule has 0 bridgehead atoms. The molecule has 0 aliphatic heterocycles. The SMILES string of the molecule is Cc1ccc(-c2noc(C3CCC(=O)CC3)n2)cc1F. The van der Waals surface area contributed by atoms with Crippen molar-refractivity contribution in [3.63, 3.8) is 0 Å². The molecule has 0 saturated heterocycles. The molecule has 1 fully saturated rings. The first-order valence-electron chi connectivity index (χ1n) is 6.75. The van der Waals surface area contributed by atoms with Crippen molar-refractivity contribution < 1.29 is 13.7 Å². The van der Waals surface area contributed by atoms with Crippen LogP contribution in [0.2, 0.25) is 0 Å². The van der Waals surface area contributed by atoms with Crippen molar-refractivity contribution in [3.8, 4) is 11.4 Å². The monoisotopic (exact) mass is 274 g/mol. The summed E-state index contributed by atoms with van der Waals surface area (Å²) < 4.78 is 18.8. The van der Waals surface area contributed by atoms with E-state index in [-0.39, 0.29) is 11.7 Å². The van der Waals surface area contributed by atoms with Crippen LogP contribution in [-0.2, 0) is 4.79 Å². The van der Waals surface area contributed by atoms with Gasteiger partial charge in [0.05, 0.1) is 0 Å². The molecule has 1 aliphatic rings. The van der Waals surface area contributed by atoms with Gasteiger partial charge >= 0.3 is 0 Å². The lowest BCUT2D eigenvalue weighted by molar-refractivity contribution is -0.120. The van der Waals surface area contributed by atoms with Crippen LogP contribution in [0.4, 0.5) is 4.39 Å². The number of aryl methyl sites for hydroxylation is 1. The van der Waals surface area contributed by atoms with E-state index in [1.807, 2.05) is 0 Å². The second kappa shape index (κ2) is 5.15. The van der Waals surface area contributed by atoms with Gasteiger partial charge in [-0.1, -0.05) is 17.3 Å². The van der Waals surface area contributed by atoms with E-state index in [9.17, 15) is 9.18 Å². The van der Waals surface area contributed by atoms with Crippen molar-refractivity contribution in [2.24, 2.45) is 0 Å². The van der Waals surface area contributed by atoms with E-state index in [2.05, 4.69) is 10.1 Å². The zero-order chi connectivity index (χ0) is 14.1. The molecule has 0 N–H and O–H groups in total. The lowest BCUT2D eigenvalue weighted by atomic mass is 9.88. The summed E-state index contributed by atoms with van der Waals surface area (Å²) in [7, 11) is 0. The van der Waals surface area contributed by atoms with Crippen LogP contribution in [-0.4, -0.2) is 15.9 Å². The summed E-state index contributed by atoms with van der Waals surface area (Å²) in [5.74, 6) is 1.10. The number of nitrogens with zero attached hydrogens (tertiary/aromatic N) is 2. The van der Waals surface area contributed by atoms with E-state index in [1.54, 1.807) is 19.1 Å². The van der Waals surface area contributed by atoms with Crippen molar-refractivity contribution in [2.45, 2.75) is 38.5 Å². The van der Waals surface area contributed by atoms with Crippen LogP contribution in [0.15, 0.2) is 22.7 Å². The maximum Gasteiger partial charge on any atom is 0.230 e. The summed E-state index contributed by atoms with van der Waals surface area (Å²) in [6.45, 7) is 1.71. The van der Waals surface area contributed by atoms with Gasteiger partial charge in [0.1, 0.15) is 11.6 Å². The predicted octanol–water partition coefficient (Wildman–Crippen LogP) is 3.41. The molecule has 1 aromatic heterocycles. The molecule has 1 aliphatic carbocycles. The summed E-state index contributed by atoms with van der Waals surface area (Å²) in [4.78, 5) is 15.6. The van der Waals surface area contributed by atoms with Crippen LogP contribution in [0.25, 0.3) is 11.4 Å². The molecule has 104 valence electrons. The third kappa shape index (κ3) is 2.48. The fraction of sp³-hybridized carbons (Fsp3) is 0.400. The molecule has 0 spiro atoms. The van der Waals surface area contributed by atoms with Gasteiger partial charge in [0.25, 0.3) is 0 Å². The molecule has 0 radical (unpaired) electrons. The molecule has 1 aromatic carbocycles. The zero-order valence-electron chi connectivity index (χ0n) is 11.2. The Kier molecular flexibility index (Phi) is 3.34. The number of ketones is 1. The summed E-state index contributed by atoms with van der Waals surface area (Å²) in [6.07, 6.45) is 2.65. The first-order valence-corrected chi connectivity index (χ1v) is 6.75. The zero-order valence-corrected chi connectivity index (χ0v) is 11.2. The molecule has 20 heavy (non-hydrogen) atoms. The van der Waals surface area contributed by atoms with E-state index >= 15 is 0 Å². The van der Waals surface area contributed by atoms with Gasteiger partial charge in [0.2, 0.25) is 11.7 Å². The number of carbonyl (C=O) groups is 1. The molecule has 0 atom stereocenters. The first kappa shape index (κ1) is 13.0. The van der Waals surface area contributed by atoms with Gasteiger partial charge in [-0.25, -0.2) is 4.39 Å². The summed E-state index contributed by atoms with van der Waals surface area (Å²) in [5, 5.41) is 3.91. The Labute approximate surface area is 116 Å². The smallest absolute Gasteiger partial charge is 0.230 e. The minimum Gasteiger partial charge on any atom is -0.339 e. The number of rotatable bonds is 2. The number of halogens is 1. The molecule has 4 nitrogen and oxygen atoms in total. The van der Waals surface area contributed by atoms with Crippen LogP contribution < -0.4 is 0 Å². The van der Waals surface area contributed by atoms with Crippen LogP contribution in [0.3, 0.4) is 0 Å². The lowest BCUT2D eigenvalue weighted by Crippen LogP contribution is -2.12. The number of Topliss-reactive ketones (excluding diaryl/α,β-unsaturated/α-hetero) is 1. The van der Waals surface area contributed by atoms with Crippen molar-refractivity contribution in [1.29, 1.82) is 0 Å². The number of benzene rings is 1. The molecule has 3 rings (SSSR count). The van der Waals surface area contributed by atoms with Gasteiger partial charge in [-0.05, 0) is 31.4 Å². The highest BCUT2D eigenvalue weighted by molar-refractivity contribution is 5.79. The predicted molar refractivity (Wildman–Crippen MR) is 70.6 cm³/mol. The van der Waals surface area contributed by atoms with Crippen molar-refractivity contribution in [3.05, 3.63) is 35.5 Å². The molecule has 1 saturated carbocycles. The summed E-state index contributed by atoms with van der Waals surface area (Å²) in [5.41, 5.74) is 1.19. The first-order chi connectivity index (χ1) is 9.63. The molecular formula is C15H15FN2O2. The molecule has 0 unspecified atom stereocenters. The standard InChI is InChI=1S/C15H15FN2O2/c1-9-2-3-11(8-13(9)16)14-17-15(20-18-14)10-4-6-12(19)7-5-10/h2-3,8,10H,4-7H2,1H3. The van der Waals surface area contributed by atoms with E-state index in [0.717, 1.165) is 12.8 Å². The van der Waals surface area contributed by atoms with Gasteiger partial charge in [0.15, 0.2) is 0 Å². The Morgan fingerprint density at radius 2 is 2.05 bits per heavy atom. The number of carbonyl (C=O) groups excluding carboxylic acids is 1. The van der Waals surface area contributed by atoms with Gasteiger partial charge in [-0.2, -0.15) is 4.98 Å². The van der Waals surface area contributed by atoms with Crippen LogP contribution in [0.1, 0.15) is 43.1 Å². The quantitative estimate of drug-likeness (QED) is 0.842. The fourth-order valence-electron chi connectivity index (χ4n) is 2.44. The van der Waals surface area contributed by atoms with E-state index in [1.165, 1.54) is 6.07 Å². The minimum atomic E-state index is -0.280. The van der Waals surface area contributed by atoms with Crippen LogP contribution >= 0.6 is 0 Å². The number of aromatic nitrogens is 2. The van der Waals surface area contributed by atoms with Crippen LogP contribution in [0.5, 0.6) is 0 Å². The summed E-state index contributed by atoms with van der Waals surface area (Å²) >= 11 is 0. The van der Waals surface area contributed by atoms with E-state index < -0.39 is 0 Å². The molecule has 5 heteroatoms. The van der Waals surface area contributed by atoms with Gasteiger partial charge in [0, 0.05) is 24.3 Å². The number of hydrogen-bond donors (Lipinski definition) is 0. The molecule has 0 amide bonds. The maximum absolute atomic E-state index is 13.5. The van der Waals surface area contributed by atoms with Gasteiger partial charge in [-0.15, -0.1) is 0 Å². The topological polar surface area (TPSA) is 56.0 Å². The Morgan fingerprint density at radius 1 is 1.30 bits per heavy atom. The Hall–Kier alpha value is -2.04. The third-order valence-electron chi connectivity index (χ3n) is 3.76. The molecule has 1 heterocycles. The highest BCUT2D eigenvalue weighted by atomic mass is 19.1. The largest absolute Gasteiger partial charge is 0.339 e. The third-order valence-corrected chi connectivity index (χ3v) is 3.76. The van der Waals surface area contributed by atoms with Crippen molar-refractivity contribution in [1.82, 2.24) is 10.1 Å². The summed E-state index contributed by atoms with van der Waals surface area (Å²) in [6, 6.07) is 4.88. The Bertz CT molecular complexity index is 641. The van der Waals surface area contributed by atoms with E-state index in [4.69, 9.17) is 4.52 Å². The maximum atomic E-state index is 13.5. The van der Waals surface area contributed by atoms with Crippen LogP contribution in [0, 0.1) is 12.7 Å². The minimum absolute atomic E-state index is 0.143.